The van der Waals surface area contributed by atoms with Gasteiger partial charge in [-0.3, -0.25) is 0 Å². The predicted molar refractivity (Wildman–Crippen MR) is 131 cm³/mol. The molecular weight excluding hydrogens is 384 g/mol. The van der Waals surface area contributed by atoms with Gasteiger partial charge in [-0.15, -0.1) is 0 Å². The molecule has 3 aliphatic rings. The van der Waals surface area contributed by atoms with Gasteiger partial charge in [0, 0.05) is 10.8 Å². The van der Waals surface area contributed by atoms with Crippen LogP contribution in [0.5, 0.6) is 0 Å². The summed E-state index contributed by atoms with van der Waals surface area (Å²) in [5, 5.41) is 0. The Morgan fingerprint density at radius 2 is 0.562 bits per heavy atom. The van der Waals surface area contributed by atoms with Crippen LogP contribution < -0.4 is 0 Å². The predicted octanol–water partition coefficient (Wildman–Crippen LogP) is 7.53. The molecule has 4 aromatic rings. The summed E-state index contributed by atoms with van der Waals surface area (Å²) in [6, 6.07) is 45.2. The Kier molecular flexibility index (Phi) is 3.59. The highest BCUT2D eigenvalue weighted by Gasteiger charge is 2.85. The first-order valence-electron chi connectivity index (χ1n) is 12.0. The second-order valence-corrected chi connectivity index (χ2v) is 10.5. The van der Waals surface area contributed by atoms with Crippen molar-refractivity contribution in [2.75, 3.05) is 0 Å². The van der Waals surface area contributed by atoms with Crippen LogP contribution in [0.2, 0.25) is 0 Å². The van der Waals surface area contributed by atoms with Gasteiger partial charge in [0.1, 0.15) is 0 Å². The highest BCUT2D eigenvalue weighted by Crippen LogP contribution is 2.91. The molecule has 3 saturated carbocycles. The van der Waals surface area contributed by atoms with Gasteiger partial charge in [-0.25, -0.2) is 0 Å². The lowest BCUT2D eigenvalue weighted by molar-refractivity contribution is 0.105. The molecule has 3 fully saturated rings. The van der Waals surface area contributed by atoms with Gasteiger partial charge in [0.2, 0.25) is 0 Å². The third kappa shape index (κ3) is 2.18. The van der Waals surface area contributed by atoms with Crippen LogP contribution in [0.1, 0.15) is 47.9 Å². The van der Waals surface area contributed by atoms with Crippen molar-refractivity contribution in [3.8, 4) is 0 Å². The number of rotatable bonds is 4. The summed E-state index contributed by atoms with van der Waals surface area (Å²) in [6.45, 7) is 0. The van der Waals surface area contributed by atoms with Gasteiger partial charge in [0.05, 0.1) is 0 Å². The van der Waals surface area contributed by atoms with E-state index >= 15 is 0 Å². The second kappa shape index (κ2) is 6.23. The third-order valence-electron chi connectivity index (χ3n) is 9.19. The molecule has 156 valence electrons. The number of hydrogen-bond donors (Lipinski definition) is 0. The largest absolute Gasteiger partial charge is 0.0622 e. The van der Waals surface area contributed by atoms with Crippen LogP contribution in [0.25, 0.3) is 0 Å². The first-order valence-corrected chi connectivity index (χ1v) is 12.0. The molecule has 0 N–H and O–H groups in total. The fourth-order valence-electron chi connectivity index (χ4n) is 7.88. The lowest BCUT2D eigenvalue weighted by atomic mass is 9.58. The van der Waals surface area contributed by atoms with Crippen LogP contribution in [0.4, 0.5) is 0 Å². The van der Waals surface area contributed by atoms with Crippen molar-refractivity contribution in [2.24, 2.45) is 10.8 Å². The quantitative estimate of drug-likeness (QED) is 0.325. The number of hydrogen-bond acceptors (Lipinski definition) is 0. The minimum absolute atomic E-state index is 0.183. The lowest BCUT2D eigenvalue weighted by Gasteiger charge is -2.45. The summed E-state index contributed by atoms with van der Waals surface area (Å²) in [7, 11) is 0. The van der Waals surface area contributed by atoms with Gasteiger partial charge in [-0.2, -0.15) is 0 Å². The summed E-state index contributed by atoms with van der Waals surface area (Å²) in [5.41, 5.74) is 7.20. The smallest absolute Gasteiger partial charge is 0.0265 e. The average Bonchev–Trinajstić information content (AvgIpc) is 3.75. The maximum atomic E-state index is 2.36. The van der Waals surface area contributed by atoms with Gasteiger partial charge in [-0.1, -0.05) is 121 Å². The molecule has 0 aliphatic heterocycles. The standard InChI is InChI=1S/C32H28/c1-5-13-25(14-6-1)31(26-15-7-2-8-16-26)23-29(31)21-30(22-29)24-32(30,27-17-9-3-10-18-27)28-19-11-4-12-20-28/h1-20H,21-24H2. The molecule has 7 rings (SSSR count). The SMILES string of the molecule is c1ccc(C2(c3ccccc3)CC23CC2(C3)CC2(c2ccccc2)c2ccccc2)cc1. The van der Waals surface area contributed by atoms with Crippen molar-refractivity contribution in [2.45, 2.75) is 36.5 Å². The van der Waals surface area contributed by atoms with Crippen molar-refractivity contribution in [1.82, 2.24) is 0 Å². The molecule has 0 unspecified atom stereocenters. The van der Waals surface area contributed by atoms with E-state index < -0.39 is 0 Å². The molecule has 2 spiro atoms. The van der Waals surface area contributed by atoms with E-state index in [9.17, 15) is 0 Å². The van der Waals surface area contributed by atoms with E-state index in [1.807, 2.05) is 0 Å². The maximum Gasteiger partial charge on any atom is 0.0265 e. The molecule has 4 aromatic carbocycles. The van der Waals surface area contributed by atoms with Gasteiger partial charge >= 0.3 is 0 Å². The van der Waals surface area contributed by atoms with Crippen LogP contribution in [0, 0.1) is 10.8 Å². The molecule has 32 heavy (non-hydrogen) atoms. The fourth-order valence-corrected chi connectivity index (χ4v) is 7.88. The lowest BCUT2D eigenvalue weighted by Crippen LogP contribution is -2.39. The molecule has 0 radical (unpaired) electrons. The molecule has 0 saturated heterocycles. The molecule has 3 aliphatic carbocycles. The van der Waals surface area contributed by atoms with Gasteiger partial charge in [-0.05, 0) is 58.8 Å². The molecular formula is C32H28. The monoisotopic (exact) mass is 412 g/mol. The molecule has 0 nitrogen and oxygen atoms in total. The van der Waals surface area contributed by atoms with E-state index in [4.69, 9.17) is 0 Å². The number of benzene rings is 4. The van der Waals surface area contributed by atoms with Crippen molar-refractivity contribution >= 4 is 0 Å². The molecule has 0 aromatic heterocycles. The summed E-state index contributed by atoms with van der Waals surface area (Å²) < 4.78 is 0. The normalized spacial score (nSPS) is 28.2. The van der Waals surface area contributed by atoms with Gasteiger partial charge in [0.15, 0.2) is 0 Å². The van der Waals surface area contributed by atoms with Crippen molar-refractivity contribution in [1.29, 1.82) is 0 Å². The summed E-state index contributed by atoms with van der Waals surface area (Å²) in [4.78, 5) is 0. The minimum atomic E-state index is 0.183. The van der Waals surface area contributed by atoms with Crippen LogP contribution >= 0.6 is 0 Å². The van der Waals surface area contributed by atoms with Crippen molar-refractivity contribution in [3.63, 3.8) is 0 Å². The molecule has 0 amide bonds. The van der Waals surface area contributed by atoms with Crippen LogP contribution in [-0.4, -0.2) is 0 Å². The van der Waals surface area contributed by atoms with E-state index in [0.29, 0.717) is 10.8 Å². The molecule has 0 heterocycles. The van der Waals surface area contributed by atoms with Crippen molar-refractivity contribution < 1.29 is 0 Å². The van der Waals surface area contributed by atoms with Crippen LogP contribution in [-0.2, 0) is 10.8 Å². The fraction of sp³-hybridized carbons (Fsp3) is 0.250. The van der Waals surface area contributed by atoms with E-state index in [1.165, 1.54) is 47.9 Å². The first kappa shape index (κ1) is 18.5. The molecule has 0 atom stereocenters. The van der Waals surface area contributed by atoms with Crippen LogP contribution in [0.15, 0.2) is 121 Å². The topological polar surface area (TPSA) is 0 Å². The van der Waals surface area contributed by atoms with Crippen molar-refractivity contribution in [3.05, 3.63) is 144 Å². The van der Waals surface area contributed by atoms with E-state index in [-0.39, 0.29) is 10.8 Å². The molecule has 0 heteroatoms. The van der Waals surface area contributed by atoms with Gasteiger partial charge < -0.3 is 0 Å². The second-order valence-electron chi connectivity index (χ2n) is 10.5. The Hall–Kier alpha value is -3.12. The summed E-state index contributed by atoms with van der Waals surface area (Å²) >= 11 is 0. The highest BCUT2D eigenvalue weighted by molar-refractivity contribution is 5.59. The Morgan fingerprint density at radius 3 is 0.812 bits per heavy atom. The van der Waals surface area contributed by atoms with Gasteiger partial charge in [0.25, 0.3) is 0 Å². The zero-order valence-corrected chi connectivity index (χ0v) is 18.4. The van der Waals surface area contributed by atoms with E-state index in [1.54, 1.807) is 0 Å². The minimum Gasteiger partial charge on any atom is -0.0622 e. The Bertz CT molecular complexity index is 1070. The summed E-state index contributed by atoms with van der Waals surface area (Å²) in [5.74, 6) is 0. The van der Waals surface area contributed by atoms with E-state index in [0.717, 1.165) is 0 Å². The highest BCUT2D eigenvalue weighted by atomic mass is 14.9. The third-order valence-corrected chi connectivity index (χ3v) is 9.19. The summed E-state index contributed by atoms with van der Waals surface area (Å²) in [6.07, 6.45) is 5.23. The van der Waals surface area contributed by atoms with Crippen LogP contribution in [0.3, 0.4) is 0 Å². The zero-order valence-electron chi connectivity index (χ0n) is 18.4. The Morgan fingerprint density at radius 1 is 0.312 bits per heavy atom. The maximum absolute atomic E-state index is 2.36. The Balaban J connectivity index is 1.30. The molecule has 0 bridgehead atoms. The average molecular weight is 413 g/mol. The first-order chi connectivity index (χ1) is 15.7. The Labute approximate surface area is 191 Å². The van der Waals surface area contributed by atoms with E-state index in [2.05, 4.69) is 121 Å². The zero-order chi connectivity index (χ0) is 21.3.